The lowest BCUT2D eigenvalue weighted by Crippen LogP contribution is -2.19. The van der Waals surface area contributed by atoms with Crippen molar-refractivity contribution in [1.82, 2.24) is 14.5 Å². The zero-order chi connectivity index (χ0) is 20.4. The van der Waals surface area contributed by atoms with Crippen LogP contribution >= 0.6 is 34.4 Å². The number of nitrogens with zero attached hydrogens (tertiary/aromatic N) is 3. The van der Waals surface area contributed by atoms with Crippen LogP contribution in [0.4, 0.5) is 5.69 Å². The molecule has 0 radical (unpaired) electrons. The number of aromatic nitrogens is 3. The Kier molecular flexibility index (Phi) is 5.79. The third-order valence-corrected chi connectivity index (χ3v) is 7.03. The Morgan fingerprint density at radius 1 is 1.17 bits per heavy atom. The van der Waals surface area contributed by atoms with Crippen LogP contribution in [0.2, 0.25) is 0 Å². The zero-order valence-corrected chi connectivity index (χ0v) is 18.3. The molecule has 9 heteroatoms. The molecule has 4 aromatic rings. The number of amides is 1. The molecule has 29 heavy (non-hydrogen) atoms. The van der Waals surface area contributed by atoms with Gasteiger partial charge in [-0.2, -0.15) is 0 Å². The van der Waals surface area contributed by atoms with Crippen molar-refractivity contribution in [1.29, 1.82) is 0 Å². The van der Waals surface area contributed by atoms with E-state index in [1.807, 2.05) is 41.9 Å². The quantitative estimate of drug-likeness (QED) is 0.357. The van der Waals surface area contributed by atoms with E-state index in [1.165, 1.54) is 34.4 Å². The van der Waals surface area contributed by atoms with E-state index in [-0.39, 0.29) is 17.9 Å². The number of benzene rings is 1. The van der Waals surface area contributed by atoms with Crippen molar-refractivity contribution in [2.75, 3.05) is 5.32 Å². The van der Waals surface area contributed by atoms with Crippen LogP contribution in [-0.4, -0.2) is 20.4 Å². The highest BCUT2D eigenvalue weighted by Gasteiger charge is 2.12. The molecule has 1 aromatic carbocycles. The maximum absolute atomic E-state index is 12.4. The summed E-state index contributed by atoms with van der Waals surface area (Å²) in [5, 5.41) is 8.79. The summed E-state index contributed by atoms with van der Waals surface area (Å²) in [6.07, 6.45) is 0.237. The van der Waals surface area contributed by atoms with Gasteiger partial charge in [0.1, 0.15) is 9.84 Å². The van der Waals surface area contributed by atoms with E-state index in [9.17, 15) is 9.59 Å². The molecule has 4 rings (SSSR count). The minimum atomic E-state index is -0.0883. The Hall–Kier alpha value is -2.49. The number of fused-ring (bicyclic) bond motifs is 1. The summed E-state index contributed by atoms with van der Waals surface area (Å²) >= 11 is 4.40. The summed E-state index contributed by atoms with van der Waals surface area (Å²) in [5.41, 5.74) is 2.77. The number of carbonyl (C=O) groups is 1. The lowest BCUT2D eigenvalue weighted by atomic mass is 10.2. The van der Waals surface area contributed by atoms with Crippen LogP contribution in [-0.2, 0) is 24.0 Å². The zero-order valence-electron chi connectivity index (χ0n) is 15.8. The minimum Gasteiger partial charge on any atom is -0.326 e. The number of carbonyl (C=O) groups excluding carboxylic acids is 1. The van der Waals surface area contributed by atoms with Gasteiger partial charge in [-0.15, -0.1) is 22.7 Å². The topological polar surface area (TPSA) is 76.9 Å². The van der Waals surface area contributed by atoms with Gasteiger partial charge in [-0.1, -0.05) is 29.5 Å². The van der Waals surface area contributed by atoms with E-state index in [0.717, 1.165) is 26.8 Å². The Balaban J connectivity index is 1.38. The normalized spacial score (nSPS) is 11.1. The largest absolute Gasteiger partial charge is 0.326 e. The van der Waals surface area contributed by atoms with Crippen LogP contribution in [0.15, 0.2) is 51.0 Å². The first-order valence-corrected chi connectivity index (χ1v) is 11.6. The van der Waals surface area contributed by atoms with Crippen LogP contribution < -0.4 is 10.9 Å². The number of thiazole rings is 1. The monoisotopic (exact) mass is 442 g/mol. The molecule has 0 fully saturated rings. The highest BCUT2D eigenvalue weighted by atomic mass is 32.2. The van der Waals surface area contributed by atoms with Crippen LogP contribution in [0.5, 0.6) is 0 Å². The molecule has 0 atom stereocenters. The smallest absolute Gasteiger partial charge is 0.262 e. The molecule has 0 aliphatic heterocycles. The fourth-order valence-electron chi connectivity index (χ4n) is 2.72. The Morgan fingerprint density at radius 2 is 1.97 bits per heavy atom. The molecule has 148 valence electrons. The molecule has 6 nitrogen and oxygen atoms in total. The van der Waals surface area contributed by atoms with E-state index in [2.05, 4.69) is 15.3 Å². The SMILES string of the molecule is Cc1ccc(NC(=O)Cc2nc(CSc3nc4sccc4c(=O)n3C)cs2)cc1. The van der Waals surface area contributed by atoms with Crippen molar-refractivity contribution in [2.45, 2.75) is 24.3 Å². The summed E-state index contributed by atoms with van der Waals surface area (Å²) in [5.74, 6) is 0.502. The van der Waals surface area contributed by atoms with Crippen molar-refractivity contribution < 1.29 is 4.79 Å². The third-order valence-electron chi connectivity index (χ3n) is 4.26. The number of rotatable bonds is 6. The van der Waals surface area contributed by atoms with Crippen LogP contribution in [0.1, 0.15) is 16.3 Å². The molecule has 3 heterocycles. The number of anilines is 1. The molecule has 0 spiro atoms. The van der Waals surface area contributed by atoms with Crippen molar-refractivity contribution in [3.63, 3.8) is 0 Å². The van der Waals surface area contributed by atoms with Gasteiger partial charge >= 0.3 is 0 Å². The van der Waals surface area contributed by atoms with Crippen molar-refractivity contribution in [3.8, 4) is 0 Å². The van der Waals surface area contributed by atoms with Crippen LogP contribution in [0.3, 0.4) is 0 Å². The maximum Gasteiger partial charge on any atom is 0.262 e. The van der Waals surface area contributed by atoms with E-state index in [4.69, 9.17) is 0 Å². The van der Waals surface area contributed by atoms with Gasteiger partial charge in [0.2, 0.25) is 5.91 Å². The number of thiophene rings is 1. The fourth-order valence-corrected chi connectivity index (χ4v) is 5.29. The predicted octanol–water partition coefficient (Wildman–Crippen LogP) is 4.23. The molecule has 0 unspecified atom stereocenters. The average molecular weight is 443 g/mol. The summed E-state index contributed by atoms with van der Waals surface area (Å²) in [6, 6.07) is 9.50. The molecule has 3 aromatic heterocycles. The molecule has 0 aliphatic rings. The number of hydrogen-bond acceptors (Lipinski definition) is 7. The van der Waals surface area contributed by atoms with Crippen molar-refractivity contribution in [2.24, 2.45) is 7.05 Å². The van der Waals surface area contributed by atoms with E-state index >= 15 is 0 Å². The molecule has 1 amide bonds. The molecular weight excluding hydrogens is 424 g/mol. The highest BCUT2D eigenvalue weighted by Crippen LogP contribution is 2.24. The molecule has 0 saturated carbocycles. The van der Waals surface area contributed by atoms with Gasteiger partial charge in [0.25, 0.3) is 5.56 Å². The van der Waals surface area contributed by atoms with Gasteiger partial charge in [0.15, 0.2) is 5.16 Å². The predicted molar refractivity (Wildman–Crippen MR) is 120 cm³/mol. The molecule has 0 bridgehead atoms. The maximum atomic E-state index is 12.4. The molecule has 0 aliphatic carbocycles. The van der Waals surface area contributed by atoms with Crippen LogP contribution in [0.25, 0.3) is 10.2 Å². The van der Waals surface area contributed by atoms with E-state index in [1.54, 1.807) is 17.7 Å². The van der Waals surface area contributed by atoms with Gasteiger partial charge in [0, 0.05) is 23.9 Å². The second-order valence-electron chi connectivity index (χ2n) is 6.51. The second kappa shape index (κ2) is 8.48. The first kappa shape index (κ1) is 19.8. The Labute approximate surface area is 179 Å². The number of nitrogens with one attached hydrogen (secondary N) is 1. The summed E-state index contributed by atoms with van der Waals surface area (Å²) in [6.45, 7) is 2.01. The summed E-state index contributed by atoms with van der Waals surface area (Å²) in [4.78, 5) is 34.5. The Morgan fingerprint density at radius 3 is 2.76 bits per heavy atom. The first-order valence-electron chi connectivity index (χ1n) is 8.86. The first-order chi connectivity index (χ1) is 14.0. The number of aryl methyl sites for hydroxylation is 1. The van der Waals surface area contributed by atoms with Gasteiger partial charge in [0.05, 0.1) is 17.5 Å². The lowest BCUT2D eigenvalue weighted by molar-refractivity contribution is -0.115. The van der Waals surface area contributed by atoms with Gasteiger partial charge in [-0.05, 0) is 30.5 Å². The standard InChI is InChI=1S/C20H18N4O2S3/c1-12-3-5-13(6-4-12)21-16(25)9-17-22-14(10-28-17)11-29-20-23-18-15(7-8-27-18)19(26)24(20)2/h3-8,10H,9,11H2,1-2H3,(H,21,25). The Bertz CT molecular complexity index is 1220. The van der Waals surface area contributed by atoms with Crippen molar-refractivity contribution in [3.05, 3.63) is 67.7 Å². The van der Waals surface area contributed by atoms with Crippen LogP contribution in [0, 0.1) is 6.92 Å². The van der Waals surface area contributed by atoms with Gasteiger partial charge < -0.3 is 5.32 Å². The van der Waals surface area contributed by atoms with Gasteiger partial charge in [-0.3, -0.25) is 14.2 Å². The van der Waals surface area contributed by atoms with Gasteiger partial charge in [-0.25, -0.2) is 9.97 Å². The molecular formula is C20H18N4O2S3. The average Bonchev–Trinajstić information content (AvgIpc) is 3.34. The number of hydrogen-bond donors (Lipinski definition) is 1. The fraction of sp³-hybridized carbons (Fsp3) is 0.200. The summed E-state index contributed by atoms with van der Waals surface area (Å²) in [7, 11) is 1.73. The second-order valence-corrected chi connectivity index (χ2v) is 9.29. The third kappa shape index (κ3) is 4.58. The highest BCUT2D eigenvalue weighted by molar-refractivity contribution is 7.98. The molecule has 1 N–H and O–H groups in total. The number of thioether (sulfide) groups is 1. The molecule has 0 saturated heterocycles. The lowest BCUT2D eigenvalue weighted by Gasteiger charge is -2.06. The van der Waals surface area contributed by atoms with E-state index in [0.29, 0.717) is 16.3 Å². The van der Waals surface area contributed by atoms with E-state index < -0.39 is 0 Å². The van der Waals surface area contributed by atoms with Crippen molar-refractivity contribution >= 4 is 56.2 Å². The summed E-state index contributed by atoms with van der Waals surface area (Å²) < 4.78 is 1.57. The minimum absolute atomic E-state index is 0.0366.